The molecular formula is C14H18ClN3O. The second kappa shape index (κ2) is 5.02. The van der Waals surface area contributed by atoms with Crippen molar-refractivity contribution in [2.45, 2.75) is 18.9 Å². The van der Waals surface area contributed by atoms with E-state index in [0.29, 0.717) is 22.3 Å². The highest BCUT2D eigenvalue weighted by molar-refractivity contribution is 6.34. The van der Waals surface area contributed by atoms with E-state index in [9.17, 15) is 4.79 Å². The van der Waals surface area contributed by atoms with Gasteiger partial charge in [0.1, 0.15) is 0 Å². The quantitative estimate of drug-likeness (QED) is 0.798. The number of fused-ring (bicyclic) bond motifs is 1. The van der Waals surface area contributed by atoms with E-state index < -0.39 is 0 Å². The minimum atomic E-state index is 0.00356. The summed E-state index contributed by atoms with van der Waals surface area (Å²) < 4.78 is 0. The predicted octanol–water partition coefficient (Wildman–Crippen LogP) is 1.84. The number of carbonyl (C=O) groups is 1. The zero-order valence-corrected chi connectivity index (χ0v) is 11.6. The number of anilines is 1. The minimum Gasteiger partial charge on any atom is -0.399 e. The first-order valence-electron chi connectivity index (χ1n) is 6.73. The molecule has 1 atom stereocenters. The van der Waals surface area contributed by atoms with Crippen LogP contribution in [0.25, 0.3) is 0 Å². The van der Waals surface area contributed by atoms with Gasteiger partial charge in [0, 0.05) is 31.4 Å². The average Bonchev–Trinajstić information content (AvgIpc) is 2.88. The van der Waals surface area contributed by atoms with Crippen molar-refractivity contribution in [1.29, 1.82) is 0 Å². The topological polar surface area (TPSA) is 49.6 Å². The van der Waals surface area contributed by atoms with Crippen LogP contribution >= 0.6 is 11.6 Å². The fraction of sp³-hybridized carbons (Fsp3) is 0.500. The van der Waals surface area contributed by atoms with Crippen LogP contribution in [0.2, 0.25) is 5.02 Å². The number of halogens is 1. The molecule has 5 heteroatoms. The molecule has 2 aliphatic heterocycles. The second-order valence-electron chi connectivity index (χ2n) is 5.32. The zero-order valence-electron chi connectivity index (χ0n) is 10.8. The Hall–Kier alpha value is -1.26. The standard InChI is InChI=1S/C14H18ClN3O/c15-13-4-3-10(16)8-12(13)14(19)18-7-6-17-5-1-2-11(17)9-18/h3-4,8,11H,1-2,5-7,9,16H2. The highest BCUT2D eigenvalue weighted by atomic mass is 35.5. The summed E-state index contributed by atoms with van der Waals surface area (Å²) in [7, 11) is 0. The molecule has 2 N–H and O–H groups in total. The fourth-order valence-electron chi connectivity index (χ4n) is 3.05. The lowest BCUT2D eigenvalue weighted by Crippen LogP contribution is -2.52. The van der Waals surface area contributed by atoms with Crippen molar-refractivity contribution in [2.75, 3.05) is 31.9 Å². The van der Waals surface area contributed by atoms with Gasteiger partial charge in [-0.25, -0.2) is 0 Å². The lowest BCUT2D eigenvalue weighted by molar-refractivity contribution is 0.0571. The molecule has 0 bridgehead atoms. The first-order chi connectivity index (χ1) is 9.15. The first kappa shape index (κ1) is 12.8. The largest absolute Gasteiger partial charge is 0.399 e. The van der Waals surface area contributed by atoms with Crippen LogP contribution in [0.4, 0.5) is 5.69 Å². The van der Waals surface area contributed by atoms with Crippen LogP contribution in [0.5, 0.6) is 0 Å². The van der Waals surface area contributed by atoms with Crippen molar-refractivity contribution in [2.24, 2.45) is 0 Å². The molecule has 19 heavy (non-hydrogen) atoms. The van der Waals surface area contributed by atoms with Crippen molar-refractivity contribution < 1.29 is 4.79 Å². The molecule has 0 aromatic heterocycles. The average molecular weight is 280 g/mol. The van der Waals surface area contributed by atoms with Gasteiger partial charge in [0.25, 0.3) is 5.91 Å². The summed E-state index contributed by atoms with van der Waals surface area (Å²) in [5.74, 6) is 0.00356. The number of amides is 1. The maximum Gasteiger partial charge on any atom is 0.255 e. The van der Waals surface area contributed by atoms with Gasteiger partial charge in [0.05, 0.1) is 10.6 Å². The Morgan fingerprint density at radius 1 is 1.32 bits per heavy atom. The molecule has 0 radical (unpaired) electrons. The fourth-order valence-corrected chi connectivity index (χ4v) is 3.25. The van der Waals surface area contributed by atoms with Crippen LogP contribution in [0, 0.1) is 0 Å². The Morgan fingerprint density at radius 2 is 2.16 bits per heavy atom. The number of nitrogen functional groups attached to an aromatic ring is 1. The Labute approximate surface area is 118 Å². The molecule has 2 heterocycles. The molecule has 3 rings (SSSR count). The first-order valence-corrected chi connectivity index (χ1v) is 7.11. The summed E-state index contributed by atoms with van der Waals surface area (Å²) in [5, 5.41) is 0.480. The van der Waals surface area contributed by atoms with Crippen LogP contribution < -0.4 is 5.73 Å². The number of benzene rings is 1. The van der Waals surface area contributed by atoms with Crippen molar-refractivity contribution in [3.05, 3.63) is 28.8 Å². The van der Waals surface area contributed by atoms with Crippen molar-refractivity contribution in [1.82, 2.24) is 9.80 Å². The summed E-state index contributed by atoms with van der Waals surface area (Å²) in [6.45, 7) is 3.73. The molecule has 1 amide bonds. The van der Waals surface area contributed by atoms with Crippen LogP contribution in [0.3, 0.4) is 0 Å². The summed E-state index contributed by atoms with van der Waals surface area (Å²) in [6.07, 6.45) is 2.43. The Morgan fingerprint density at radius 3 is 3.00 bits per heavy atom. The molecule has 1 unspecified atom stereocenters. The Bertz CT molecular complexity index is 505. The van der Waals surface area contributed by atoms with Gasteiger partial charge < -0.3 is 10.6 Å². The van der Waals surface area contributed by atoms with E-state index in [1.54, 1.807) is 18.2 Å². The third kappa shape index (κ3) is 2.42. The predicted molar refractivity (Wildman–Crippen MR) is 76.4 cm³/mol. The maximum atomic E-state index is 12.5. The van der Waals surface area contributed by atoms with Gasteiger partial charge in [-0.1, -0.05) is 11.6 Å². The molecule has 2 fully saturated rings. The Kier molecular flexibility index (Phi) is 3.37. The molecule has 0 aliphatic carbocycles. The van der Waals surface area contributed by atoms with E-state index in [2.05, 4.69) is 4.90 Å². The SMILES string of the molecule is Nc1ccc(Cl)c(C(=O)N2CCN3CCCC3C2)c1. The molecule has 0 saturated carbocycles. The number of nitrogens with two attached hydrogens (primary N) is 1. The van der Waals surface area contributed by atoms with E-state index in [4.69, 9.17) is 17.3 Å². The van der Waals surface area contributed by atoms with Crippen LogP contribution in [0.1, 0.15) is 23.2 Å². The molecule has 1 aromatic carbocycles. The second-order valence-corrected chi connectivity index (χ2v) is 5.73. The number of hydrogen-bond donors (Lipinski definition) is 1. The third-order valence-corrected chi connectivity index (χ3v) is 4.42. The van der Waals surface area contributed by atoms with E-state index >= 15 is 0 Å². The normalized spacial score (nSPS) is 23.4. The van der Waals surface area contributed by atoms with Gasteiger partial charge in [-0.05, 0) is 37.6 Å². The summed E-state index contributed by atoms with van der Waals surface area (Å²) in [4.78, 5) is 16.9. The summed E-state index contributed by atoms with van der Waals surface area (Å²) in [6, 6.07) is 5.60. The highest BCUT2D eigenvalue weighted by Gasteiger charge is 2.33. The van der Waals surface area contributed by atoms with Gasteiger partial charge in [-0.15, -0.1) is 0 Å². The Balaban J connectivity index is 1.78. The molecule has 102 valence electrons. The zero-order chi connectivity index (χ0) is 13.4. The highest BCUT2D eigenvalue weighted by Crippen LogP contribution is 2.25. The number of nitrogens with zero attached hydrogens (tertiary/aromatic N) is 2. The van der Waals surface area contributed by atoms with Gasteiger partial charge in [0.2, 0.25) is 0 Å². The summed E-state index contributed by atoms with van der Waals surface area (Å²) in [5.41, 5.74) is 6.84. The maximum absolute atomic E-state index is 12.5. The minimum absolute atomic E-state index is 0.00356. The van der Waals surface area contributed by atoms with Crippen LogP contribution in [0.15, 0.2) is 18.2 Å². The van der Waals surface area contributed by atoms with Crippen molar-refractivity contribution in [3.63, 3.8) is 0 Å². The lowest BCUT2D eigenvalue weighted by Gasteiger charge is -2.37. The third-order valence-electron chi connectivity index (χ3n) is 4.10. The number of piperazine rings is 1. The van der Waals surface area contributed by atoms with Crippen molar-refractivity contribution >= 4 is 23.2 Å². The van der Waals surface area contributed by atoms with E-state index in [1.807, 2.05) is 4.90 Å². The molecule has 2 aliphatic rings. The monoisotopic (exact) mass is 279 g/mol. The van der Waals surface area contributed by atoms with Gasteiger partial charge in [-0.3, -0.25) is 9.69 Å². The lowest BCUT2D eigenvalue weighted by atomic mass is 10.1. The number of hydrogen-bond acceptors (Lipinski definition) is 3. The summed E-state index contributed by atoms with van der Waals surface area (Å²) >= 11 is 6.11. The van der Waals surface area contributed by atoms with Crippen LogP contribution in [-0.4, -0.2) is 47.9 Å². The number of carbonyl (C=O) groups excluding carboxylic acids is 1. The molecular weight excluding hydrogens is 262 g/mol. The smallest absolute Gasteiger partial charge is 0.255 e. The molecule has 4 nitrogen and oxygen atoms in total. The molecule has 1 aromatic rings. The van der Waals surface area contributed by atoms with E-state index in [0.717, 1.165) is 19.6 Å². The van der Waals surface area contributed by atoms with Crippen LogP contribution in [-0.2, 0) is 0 Å². The van der Waals surface area contributed by atoms with E-state index in [1.165, 1.54) is 19.4 Å². The molecule has 2 saturated heterocycles. The van der Waals surface area contributed by atoms with Gasteiger partial charge in [-0.2, -0.15) is 0 Å². The number of rotatable bonds is 1. The van der Waals surface area contributed by atoms with E-state index in [-0.39, 0.29) is 5.91 Å². The van der Waals surface area contributed by atoms with Gasteiger partial charge in [0.15, 0.2) is 0 Å². The van der Waals surface area contributed by atoms with Crippen molar-refractivity contribution in [3.8, 4) is 0 Å². The molecule has 0 spiro atoms. The van der Waals surface area contributed by atoms with Gasteiger partial charge >= 0.3 is 0 Å².